The number of aliphatic hydroxyl groups is 6. The Hall–Kier alpha value is -8.76. The number of nitrogens with one attached hydrogen (secondary N) is 4. The lowest BCUT2D eigenvalue weighted by Crippen LogP contribution is -2.62. The lowest BCUT2D eigenvalue weighted by molar-refractivity contribution is -0.330. The molecule has 5 unspecified atom stereocenters. The van der Waals surface area contributed by atoms with Gasteiger partial charge in [-0.05, 0) is 103 Å². The summed E-state index contributed by atoms with van der Waals surface area (Å²) in [5, 5.41) is 113. The first-order chi connectivity index (χ1) is 47.5. The van der Waals surface area contributed by atoms with Crippen molar-refractivity contribution in [1.82, 2.24) is 21.3 Å². The lowest BCUT2D eigenvalue weighted by atomic mass is 9.85. The van der Waals surface area contributed by atoms with E-state index in [2.05, 4.69) is 21.3 Å². The van der Waals surface area contributed by atoms with Crippen molar-refractivity contribution in [2.24, 2.45) is 29.2 Å². The number of benzene rings is 5. The van der Waals surface area contributed by atoms with Crippen molar-refractivity contribution in [2.75, 3.05) is 6.61 Å². The van der Waals surface area contributed by atoms with Crippen LogP contribution in [0.5, 0.6) is 46.0 Å². The molecule has 0 aliphatic carbocycles. The number of ketones is 2. The summed E-state index contributed by atoms with van der Waals surface area (Å²) in [4.78, 5) is 116. The number of phenolic OH excluding ortho intramolecular Hbond substituents is 3. The van der Waals surface area contributed by atoms with E-state index in [-0.39, 0.29) is 79.3 Å². The van der Waals surface area contributed by atoms with Gasteiger partial charge < -0.3 is 112 Å². The molecule has 12 rings (SSSR count). The van der Waals surface area contributed by atoms with Gasteiger partial charge in [-0.3, -0.25) is 38.4 Å². The van der Waals surface area contributed by atoms with Crippen LogP contribution in [0.3, 0.4) is 0 Å². The van der Waals surface area contributed by atoms with Crippen molar-refractivity contribution in [3.63, 3.8) is 0 Å². The molecule has 7 aliphatic rings. The molecule has 0 spiro atoms. The molecule has 7 heterocycles. The van der Waals surface area contributed by atoms with Crippen molar-refractivity contribution >= 4 is 70.8 Å². The number of Topliss-reactive ketones (excluding diaryl/α,β-unsaturated/α-hetero) is 2. The molecule has 100 heavy (non-hydrogen) atoms. The summed E-state index contributed by atoms with van der Waals surface area (Å²) in [6.07, 6.45) is -21.3. The quantitative estimate of drug-likeness (QED) is 0.0710. The van der Waals surface area contributed by atoms with E-state index in [0.29, 0.717) is 12.8 Å². The van der Waals surface area contributed by atoms with Gasteiger partial charge in [0.25, 0.3) is 6.47 Å². The molecule has 11 bridgehead atoms. The number of hydrogen-bond donors (Lipinski definition) is 15. The summed E-state index contributed by atoms with van der Waals surface area (Å²) in [7, 11) is 0. The Balaban J connectivity index is 1.24. The highest BCUT2D eigenvalue weighted by atomic mass is 35.5. The molecule has 30 nitrogen and oxygen atoms in total. The number of phenols is 3. The highest BCUT2D eigenvalue weighted by Gasteiger charge is 2.50. The number of rotatable bonds is 14. The summed E-state index contributed by atoms with van der Waals surface area (Å²) in [6.45, 7) is 5.96. The van der Waals surface area contributed by atoms with E-state index in [1.807, 2.05) is 13.8 Å². The van der Waals surface area contributed by atoms with Gasteiger partial charge in [-0.15, -0.1) is 0 Å². The van der Waals surface area contributed by atoms with E-state index in [0.717, 1.165) is 42.5 Å². The number of hydrogen-bond acceptors (Lipinski definition) is 25. The number of fused-ring (bicyclic) bond motifs is 15. The first-order valence-electron chi connectivity index (χ1n) is 32.0. The highest BCUT2D eigenvalue weighted by molar-refractivity contribution is 6.32. The molecule has 7 aliphatic heterocycles. The number of primary amides is 1. The number of carbonyl (C=O) groups is 8. The average molecular weight is 1430 g/mol. The summed E-state index contributed by atoms with van der Waals surface area (Å²) >= 11 is 14.2. The molecule has 18 atom stereocenters. The van der Waals surface area contributed by atoms with E-state index in [9.17, 15) is 69.9 Å². The van der Waals surface area contributed by atoms with Gasteiger partial charge in [-0.2, -0.15) is 0 Å². The molecule has 5 aromatic carbocycles. The van der Waals surface area contributed by atoms with Gasteiger partial charge >= 0.3 is 0 Å². The molecule has 5 aromatic rings. The first kappa shape index (κ1) is 73.9. The Bertz CT molecular complexity index is 3960. The van der Waals surface area contributed by atoms with Crippen LogP contribution in [0.2, 0.25) is 10.0 Å². The molecule has 0 radical (unpaired) electrons. The minimum atomic E-state index is -2.16. The molecule has 17 N–H and O–H groups in total. The van der Waals surface area contributed by atoms with Crippen LogP contribution in [0.15, 0.2) is 78.9 Å². The van der Waals surface area contributed by atoms with Gasteiger partial charge in [-0.25, -0.2) is 0 Å². The van der Waals surface area contributed by atoms with Gasteiger partial charge in [0.2, 0.25) is 47.8 Å². The van der Waals surface area contributed by atoms with Gasteiger partial charge in [-0.1, -0.05) is 62.2 Å². The Kier molecular flexibility index (Phi) is 22.9. The molecule has 32 heteroatoms. The van der Waals surface area contributed by atoms with Crippen LogP contribution in [0.1, 0.15) is 124 Å². The van der Waals surface area contributed by atoms with Crippen molar-refractivity contribution in [3.8, 4) is 57.1 Å². The standard InChI is InChI=1S/C68H76Cl2N6O24/c1-5-28(12-26(2)3)63(90)74-54-43(82)16-33(19-50(72)84)64(91)73-53-32-17-47(96-45-10-7-30(57(54)86)14-38(45)69)61(100-68-62(60(89)59(88)49(24-77)98-68)99-51-23-40(71)56(85)27(4)95-51)48(18-32)97-46-11-8-31(15-39(46)70)58(87)55-66(93)76-67(94-25-78)37-20-34(79)21-42(81)52(37)36-13-29(6-9-41(36)80)35(22-44(53)83)65(92)75-55/h6-11,13-15,17-18,20-21,25-28,33,35,40,49,51,53-60,62,67-68,77,79-81,85-89H,5,12,16,19,22-24,71H2,1-4H3,(H2,72,84)(H,73,91)(H,74,90)(H,75,92)(H,76,93)/t27-,28+,33-,35+,40?,49?,51-,53+,54?,55-,56+,57+,58+,59+,60?,62?,67-,68-/m0/s1. The zero-order valence-corrected chi connectivity index (χ0v) is 55.6. The van der Waals surface area contributed by atoms with Crippen molar-refractivity contribution in [1.29, 1.82) is 0 Å². The van der Waals surface area contributed by atoms with Crippen LogP contribution in [0.25, 0.3) is 11.1 Å². The molecule has 536 valence electrons. The Morgan fingerprint density at radius 2 is 1.39 bits per heavy atom. The summed E-state index contributed by atoms with van der Waals surface area (Å²) in [5.74, 6) is -16.5. The zero-order valence-electron chi connectivity index (χ0n) is 54.1. The maximum atomic E-state index is 16.1. The van der Waals surface area contributed by atoms with E-state index in [1.54, 1.807) is 6.92 Å². The second kappa shape index (κ2) is 31.0. The Labute approximate surface area is 580 Å². The third-order valence-electron chi connectivity index (χ3n) is 18.2. The topological polar surface area (TPSA) is 483 Å². The Morgan fingerprint density at radius 1 is 0.740 bits per heavy atom. The van der Waals surface area contributed by atoms with E-state index < -0.39 is 211 Å². The summed E-state index contributed by atoms with van der Waals surface area (Å²) < 4.78 is 43.6. The predicted octanol–water partition coefficient (Wildman–Crippen LogP) is 3.18. The van der Waals surface area contributed by atoms with Crippen molar-refractivity contribution < 1.29 is 117 Å². The number of aliphatic hydroxyl groups excluding tert-OH is 6. The Morgan fingerprint density at radius 3 is 1.99 bits per heavy atom. The molecular formula is C68H76Cl2N6O24. The van der Waals surface area contributed by atoms with Crippen molar-refractivity contribution in [2.45, 2.75) is 164 Å². The maximum Gasteiger partial charge on any atom is 0.295 e. The molecule has 2 saturated heterocycles. The lowest BCUT2D eigenvalue weighted by Gasteiger charge is -2.44. The van der Waals surface area contributed by atoms with Gasteiger partial charge in [0.15, 0.2) is 35.5 Å². The third-order valence-corrected chi connectivity index (χ3v) is 18.8. The second-order valence-electron chi connectivity index (χ2n) is 25.6. The van der Waals surface area contributed by atoms with Gasteiger partial charge in [0.05, 0.1) is 40.7 Å². The smallest absolute Gasteiger partial charge is 0.295 e. The van der Waals surface area contributed by atoms with Crippen molar-refractivity contribution in [3.05, 3.63) is 117 Å². The predicted molar refractivity (Wildman–Crippen MR) is 348 cm³/mol. The van der Waals surface area contributed by atoms with Crippen LogP contribution >= 0.6 is 23.2 Å². The molecule has 0 aromatic heterocycles. The second-order valence-corrected chi connectivity index (χ2v) is 26.5. The molecule has 5 amide bonds. The van der Waals surface area contributed by atoms with Crippen LogP contribution < -0.4 is 46.9 Å². The first-order valence-corrected chi connectivity index (χ1v) is 32.8. The molecule has 2 fully saturated rings. The maximum absolute atomic E-state index is 16.1. The van der Waals surface area contributed by atoms with Crippen LogP contribution in [-0.2, 0) is 57.3 Å². The normalized spacial score (nSPS) is 29.0. The van der Waals surface area contributed by atoms with Crippen LogP contribution in [0, 0.1) is 17.8 Å². The number of ether oxygens (including phenoxy) is 7. The van der Waals surface area contributed by atoms with Crippen LogP contribution in [-0.4, -0.2) is 167 Å². The monoisotopic (exact) mass is 1430 g/mol. The van der Waals surface area contributed by atoms with E-state index >= 15 is 14.4 Å². The number of carbonyl (C=O) groups excluding carboxylic acids is 8. The largest absolute Gasteiger partial charge is 0.508 e. The van der Waals surface area contributed by atoms with Crippen LogP contribution in [0.4, 0.5) is 0 Å². The number of aromatic hydroxyl groups is 3. The fourth-order valence-electron chi connectivity index (χ4n) is 12.9. The minimum absolute atomic E-state index is 0.00847. The average Bonchev–Trinajstić information content (AvgIpc) is 0.771. The highest BCUT2D eigenvalue weighted by Crippen LogP contribution is 2.50. The van der Waals surface area contributed by atoms with E-state index in [1.165, 1.54) is 43.3 Å². The molecular weight excluding hydrogens is 1360 g/mol. The fourth-order valence-corrected chi connectivity index (χ4v) is 13.3. The number of nitrogens with two attached hydrogens (primary N) is 2. The zero-order chi connectivity index (χ0) is 72.5. The summed E-state index contributed by atoms with van der Waals surface area (Å²) in [6, 6.07) is 7.48. The third kappa shape index (κ3) is 15.9. The number of amides is 5. The minimum Gasteiger partial charge on any atom is -0.508 e. The van der Waals surface area contributed by atoms with Gasteiger partial charge in [0.1, 0.15) is 77.4 Å². The SMILES string of the molecule is CC[C@H](CC(C)C)C(=O)NC1C(=O)C[C@@H](CC(N)=O)C(=O)N[C@H]2C(=O)C[C@H]3C(=O)N[C@H](C(=O)N[C@@H](OC=O)c4cc(O)cc(O)c4-c4cc3ccc4O)[C@H](O)c3ccc(c(Cl)c3)Oc3cc2cc(c3O[C@@H]2OC(CO)[C@@H](O)C(O)C2O[C@H]2CC(N)[C@H](O)[C@H](C)O2)Oc2ccc(cc2Cl)[C@H]1O. The molecule has 0 saturated carbocycles. The van der Waals surface area contributed by atoms with Gasteiger partial charge in [0, 0.05) is 60.4 Å². The fraction of sp³-hybridized carbons (Fsp3) is 0.441. The summed E-state index contributed by atoms with van der Waals surface area (Å²) in [5.41, 5.74) is 10.1. The van der Waals surface area contributed by atoms with E-state index in [4.69, 9.17) is 67.8 Å². The number of halogens is 2.